The van der Waals surface area contributed by atoms with Crippen LogP contribution in [0.3, 0.4) is 0 Å². The topological polar surface area (TPSA) is 95.1 Å². The molecule has 1 aromatic heterocycles. The van der Waals surface area contributed by atoms with Crippen molar-refractivity contribution in [3.63, 3.8) is 0 Å². The SMILES string of the molecule is CC1(C(=O)Nc2ccc(-n3nccn3)cc2)COCC1N. The van der Waals surface area contributed by atoms with E-state index < -0.39 is 5.41 Å². The molecule has 3 N–H and O–H groups in total. The summed E-state index contributed by atoms with van der Waals surface area (Å²) in [6.07, 6.45) is 3.22. The molecule has 0 saturated carbocycles. The summed E-state index contributed by atoms with van der Waals surface area (Å²) in [6, 6.07) is 7.00. The number of hydrogen-bond donors (Lipinski definition) is 2. The van der Waals surface area contributed by atoms with E-state index in [0.717, 1.165) is 5.69 Å². The number of ether oxygens (including phenoxy) is 1. The number of hydrogen-bond acceptors (Lipinski definition) is 5. The molecule has 1 amide bonds. The summed E-state index contributed by atoms with van der Waals surface area (Å²) in [7, 11) is 0. The molecule has 1 aliphatic heterocycles. The molecule has 1 fully saturated rings. The van der Waals surface area contributed by atoms with Crippen LogP contribution in [0.15, 0.2) is 36.7 Å². The third-order valence-corrected chi connectivity index (χ3v) is 3.81. The number of rotatable bonds is 3. The summed E-state index contributed by atoms with van der Waals surface area (Å²) in [5, 5.41) is 11.0. The van der Waals surface area contributed by atoms with Crippen LogP contribution in [-0.2, 0) is 9.53 Å². The number of amides is 1. The molecule has 0 bridgehead atoms. The van der Waals surface area contributed by atoms with Crippen LogP contribution in [0, 0.1) is 5.41 Å². The van der Waals surface area contributed by atoms with Crippen molar-refractivity contribution in [2.75, 3.05) is 18.5 Å². The van der Waals surface area contributed by atoms with Gasteiger partial charge in [-0.2, -0.15) is 15.0 Å². The fourth-order valence-electron chi connectivity index (χ4n) is 2.22. The van der Waals surface area contributed by atoms with Crippen molar-refractivity contribution in [1.29, 1.82) is 0 Å². The highest BCUT2D eigenvalue weighted by Gasteiger charge is 2.44. The normalized spacial score (nSPS) is 25.0. The first-order valence-corrected chi connectivity index (χ1v) is 6.71. The molecule has 2 unspecified atom stereocenters. The molecule has 21 heavy (non-hydrogen) atoms. The molecule has 0 aliphatic carbocycles. The minimum Gasteiger partial charge on any atom is -0.379 e. The predicted molar refractivity (Wildman–Crippen MR) is 76.9 cm³/mol. The van der Waals surface area contributed by atoms with Crippen LogP contribution in [0.4, 0.5) is 5.69 Å². The second-order valence-corrected chi connectivity index (χ2v) is 5.36. The van der Waals surface area contributed by atoms with Crippen molar-refractivity contribution in [3.05, 3.63) is 36.7 Å². The van der Waals surface area contributed by atoms with Gasteiger partial charge in [0.05, 0.1) is 36.7 Å². The smallest absolute Gasteiger partial charge is 0.234 e. The lowest BCUT2D eigenvalue weighted by molar-refractivity contribution is -0.125. The van der Waals surface area contributed by atoms with Crippen LogP contribution in [0.25, 0.3) is 5.69 Å². The molecule has 110 valence electrons. The van der Waals surface area contributed by atoms with Crippen LogP contribution < -0.4 is 11.1 Å². The Morgan fingerprint density at radius 1 is 1.38 bits per heavy atom. The van der Waals surface area contributed by atoms with E-state index in [1.807, 2.05) is 19.1 Å². The minimum atomic E-state index is -0.692. The molecule has 3 rings (SSSR count). The van der Waals surface area contributed by atoms with Gasteiger partial charge in [0.15, 0.2) is 0 Å². The summed E-state index contributed by atoms with van der Waals surface area (Å²) in [6.45, 7) is 2.57. The summed E-state index contributed by atoms with van der Waals surface area (Å²) < 4.78 is 5.29. The fourth-order valence-corrected chi connectivity index (χ4v) is 2.22. The van der Waals surface area contributed by atoms with E-state index in [-0.39, 0.29) is 11.9 Å². The highest BCUT2D eigenvalue weighted by molar-refractivity contribution is 5.96. The van der Waals surface area contributed by atoms with Crippen molar-refractivity contribution in [2.24, 2.45) is 11.1 Å². The van der Waals surface area contributed by atoms with Gasteiger partial charge in [-0.1, -0.05) is 0 Å². The van der Waals surface area contributed by atoms with Crippen LogP contribution >= 0.6 is 0 Å². The number of carbonyl (C=O) groups excluding carboxylic acids is 1. The molecule has 0 radical (unpaired) electrons. The zero-order valence-corrected chi connectivity index (χ0v) is 11.7. The molecule has 0 spiro atoms. The summed E-state index contributed by atoms with van der Waals surface area (Å²) in [5.74, 6) is -0.127. The number of anilines is 1. The Hall–Kier alpha value is -2.25. The highest BCUT2D eigenvalue weighted by Crippen LogP contribution is 2.28. The molecule has 7 heteroatoms. The van der Waals surface area contributed by atoms with Gasteiger partial charge < -0.3 is 15.8 Å². The van der Waals surface area contributed by atoms with Gasteiger partial charge in [0.2, 0.25) is 5.91 Å². The Morgan fingerprint density at radius 2 is 2.05 bits per heavy atom. The van der Waals surface area contributed by atoms with E-state index in [1.165, 1.54) is 4.80 Å². The number of aromatic nitrogens is 3. The number of nitrogens with one attached hydrogen (secondary N) is 1. The summed E-state index contributed by atoms with van der Waals surface area (Å²) >= 11 is 0. The van der Waals surface area contributed by atoms with Crippen LogP contribution in [-0.4, -0.2) is 40.2 Å². The Kier molecular flexibility index (Phi) is 3.44. The lowest BCUT2D eigenvalue weighted by atomic mass is 9.85. The Bertz CT molecular complexity index is 625. The van der Waals surface area contributed by atoms with Crippen LogP contribution in [0.1, 0.15) is 6.92 Å². The van der Waals surface area contributed by atoms with Gasteiger partial charge in [0.25, 0.3) is 0 Å². The van der Waals surface area contributed by atoms with Crippen molar-refractivity contribution in [3.8, 4) is 5.69 Å². The van der Waals surface area contributed by atoms with Gasteiger partial charge in [0, 0.05) is 11.7 Å². The Labute approximate surface area is 122 Å². The molecule has 1 aliphatic rings. The van der Waals surface area contributed by atoms with Gasteiger partial charge in [-0.25, -0.2) is 0 Å². The zero-order valence-electron chi connectivity index (χ0n) is 11.7. The fraction of sp³-hybridized carbons (Fsp3) is 0.357. The zero-order chi connectivity index (χ0) is 14.9. The predicted octanol–water partition coefficient (Wildman–Crippen LogP) is 0.570. The molecular formula is C14H17N5O2. The van der Waals surface area contributed by atoms with E-state index in [9.17, 15) is 4.79 Å². The number of nitrogens with two attached hydrogens (primary N) is 1. The first kappa shape index (κ1) is 13.7. The van der Waals surface area contributed by atoms with Gasteiger partial charge in [0.1, 0.15) is 0 Å². The first-order valence-electron chi connectivity index (χ1n) is 6.71. The lowest BCUT2D eigenvalue weighted by Gasteiger charge is -2.25. The largest absolute Gasteiger partial charge is 0.379 e. The highest BCUT2D eigenvalue weighted by atomic mass is 16.5. The van der Waals surface area contributed by atoms with Crippen LogP contribution in [0.2, 0.25) is 0 Å². The van der Waals surface area contributed by atoms with Crippen LogP contribution in [0.5, 0.6) is 0 Å². The maximum Gasteiger partial charge on any atom is 0.234 e. The maximum atomic E-state index is 12.4. The lowest BCUT2D eigenvalue weighted by Crippen LogP contribution is -2.47. The van der Waals surface area contributed by atoms with Gasteiger partial charge in [-0.3, -0.25) is 4.79 Å². The van der Waals surface area contributed by atoms with Crippen molar-refractivity contribution < 1.29 is 9.53 Å². The molecule has 1 saturated heterocycles. The van der Waals surface area contributed by atoms with E-state index >= 15 is 0 Å². The third-order valence-electron chi connectivity index (χ3n) is 3.81. The molecule has 1 aromatic carbocycles. The van der Waals surface area contributed by atoms with Crippen molar-refractivity contribution >= 4 is 11.6 Å². The van der Waals surface area contributed by atoms with E-state index in [4.69, 9.17) is 10.5 Å². The number of nitrogens with zero attached hydrogens (tertiary/aromatic N) is 3. The molecule has 7 nitrogen and oxygen atoms in total. The average molecular weight is 287 g/mol. The number of carbonyl (C=O) groups is 1. The standard InChI is InChI=1S/C14H17N5O2/c1-14(9-21-8-12(14)15)13(20)18-10-2-4-11(5-3-10)19-16-6-7-17-19/h2-7,12H,8-9,15H2,1H3,(H,18,20). The monoisotopic (exact) mass is 287 g/mol. The van der Waals surface area contributed by atoms with Gasteiger partial charge in [-0.15, -0.1) is 0 Å². The second kappa shape index (κ2) is 5.27. The third kappa shape index (κ3) is 2.53. The minimum absolute atomic E-state index is 0.127. The van der Waals surface area contributed by atoms with E-state index in [0.29, 0.717) is 18.9 Å². The Balaban J connectivity index is 1.72. The maximum absolute atomic E-state index is 12.4. The quantitative estimate of drug-likeness (QED) is 0.860. The summed E-state index contributed by atoms with van der Waals surface area (Å²) in [4.78, 5) is 13.9. The van der Waals surface area contributed by atoms with E-state index in [2.05, 4.69) is 15.5 Å². The molecule has 2 atom stereocenters. The number of benzene rings is 1. The van der Waals surface area contributed by atoms with Gasteiger partial charge in [-0.05, 0) is 31.2 Å². The van der Waals surface area contributed by atoms with E-state index in [1.54, 1.807) is 24.5 Å². The Morgan fingerprint density at radius 3 is 2.62 bits per heavy atom. The van der Waals surface area contributed by atoms with Crippen molar-refractivity contribution in [1.82, 2.24) is 15.0 Å². The van der Waals surface area contributed by atoms with Gasteiger partial charge >= 0.3 is 0 Å². The summed E-state index contributed by atoms with van der Waals surface area (Å²) in [5.41, 5.74) is 6.79. The first-order chi connectivity index (χ1) is 10.1. The van der Waals surface area contributed by atoms with Crippen molar-refractivity contribution in [2.45, 2.75) is 13.0 Å². The molecule has 2 heterocycles. The molecule has 2 aromatic rings. The molecular weight excluding hydrogens is 270 g/mol. The average Bonchev–Trinajstić information content (AvgIpc) is 3.12. The second-order valence-electron chi connectivity index (χ2n) is 5.36.